The van der Waals surface area contributed by atoms with Crippen molar-refractivity contribution < 1.29 is 28.6 Å². The summed E-state index contributed by atoms with van der Waals surface area (Å²) in [5.74, 6) is 0.0169. The van der Waals surface area contributed by atoms with Crippen LogP contribution in [0.2, 0.25) is 0 Å². The van der Waals surface area contributed by atoms with E-state index in [4.69, 9.17) is 14.2 Å². The molecular weight excluding hydrogens is 673 g/mol. The maximum atomic E-state index is 12.7. The zero-order valence-electron chi connectivity index (χ0n) is 36.7. The van der Waals surface area contributed by atoms with Gasteiger partial charge in [0.25, 0.3) is 0 Å². The van der Waals surface area contributed by atoms with Gasteiger partial charge in [-0.25, -0.2) is 0 Å². The van der Waals surface area contributed by atoms with E-state index in [9.17, 15) is 14.4 Å². The number of ether oxygens (including phenoxy) is 3. The van der Waals surface area contributed by atoms with Crippen molar-refractivity contribution >= 4 is 17.9 Å². The van der Waals surface area contributed by atoms with Crippen molar-refractivity contribution in [1.82, 2.24) is 0 Å². The first kappa shape index (κ1) is 52.4. The number of esters is 3. The maximum Gasteiger partial charge on any atom is 0.306 e. The highest BCUT2D eigenvalue weighted by Crippen LogP contribution is 2.17. The third-order valence-electron chi connectivity index (χ3n) is 11.2. The van der Waals surface area contributed by atoms with Gasteiger partial charge in [-0.05, 0) is 25.2 Å². The number of hydrogen-bond acceptors (Lipinski definition) is 6. The summed E-state index contributed by atoms with van der Waals surface area (Å²) in [4.78, 5) is 37.7. The van der Waals surface area contributed by atoms with Gasteiger partial charge in [-0.3, -0.25) is 14.4 Å². The van der Waals surface area contributed by atoms with Gasteiger partial charge in [0.2, 0.25) is 0 Å². The van der Waals surface area contributed by atoms with Crippen LogP contribution >= 0.6 is 0 Å². The molecule has 0 spiro atoms. The third kappa shape index (κ3) is 40.1. The molecular formula is C48H92O6. The fourth-order valence-electron chi connectivity index (χ4n) is 7.12. The molecule has 6 nitrogen and oxygen atoms in total. The number of carbonyl (C=O) groups is 3. The molecule has 6 heteroatoms. The minimum Gasteiger partial charge on any atom is -0.462 e. The van der Waals surface area contributed by atoms with Gasteiger partial charge in [0.15, 0.2) is 6.10 Å². The summed E-state index contributed by atoms with van der Waals surface area (Å²) < 4.78 is 16.7. The summed E-state index contributed by atoms with van der Waals surface area (Å²) in [5.41, 5.74) is 0. The SMILES string of the molecule is CCCCCCCCCCCCCCCC(=O)O[C@H](COC(=O)CCCCCCCCCCC)COC(=O)CCCCCCCCCCCCC(C)CC. The summed E-state index contributed by atoms with van der Waals surface area (Å²) in [5, 5.41) is 0. The fourth-order valence-corrected chi connectivity index (χ4v) is 7.12. The first-order valence-corrected chi connectivity index (χ1v) is 23.9. The quantitative estimate of drug-likeness (QED) is 0.0349. The molecule has 0 aromatic rings. The van der Waals surface area contributed by atoms with Gasteiger partial charge < -0.3 is 14.2 Å². The van der Waals surface area contributed by atoms with E-state index in [0.717, 1.165) is 63.7 Å². The van der Waals surface area contributed by atoms with Crippen LogP contribution in [0.4, 0.5) is 0 Å². The van der Waals surface area contributed by atoms with E-state index in [1.807, 2.05) is 0 Å². The van der Waals surface area contributed by atoms with Crippen LogP contribution in [0.25, 0.3) is 0 Å². The van der Waals surface area contributed by atoms with E-state index < -0.39 is 6.10 Å². The standard InChI is InChI=1S/C48H92O6/c1-5-8-10-12-14-16-17-18-19-25-29-33-37-41-48(51)54-45(42-52-46(49)39-35-31-27-22-15-13-11-9-6-2)43-53-47(50)40-36-32-28-24-21-20-23-26-30-34-38-44(4)7-3/h44-45H,5-43H2,1-4H3/t44?,45-/m1/s1. The van der Waals surface area contributed by atoms with Crippen LogP contribution < -0.4 is 0 Å². The van der Waals surface area contributed by atoms with Crippen molar-refractivity contribution in [2.24, 2.45) is 5.92 Å². The van der Waals surface area contributed by atoms with Crippen molar-refractivity contribution in [2.45, 2.75) is 271 Å². The van der Waals surface area contributed by atoms with E-state index in [0.29, 0.717) is 19.3 Å². The average molecular weight is 765 g/mol. The Morgan fingerprint density at radius 2 is 0.648 bits per heavy atom. The Bertz CT molecular complexity index is 813. The van der Waals surface area contributed by atoms with Crippen LogP contribution in [0.1, 0.15) is 265 Å². The zero-order chi connectivity index (χ0) is 39.6. The molecule has 0 saturated heterocycles. The summed E-state index contributed by atoms with van der Waals surface area (Å²) in [6.07, 6.45) is 42.2. The van der Waals surface area contributed by atoms with Crippen molar-refractivity contribution in [3.63, 3.8) is 0 Å². The normalized spacial score (nSPS) is 12.4. The van der Waals surface area contributed by atoms with E-state index in [1.165, 1.54) is 161 Å². The van der Waals surface area contributed by atoms with Gasteiger partial charge >= 0.3 is 17.9 Å². The molecule has 0 amide bonds. The minimum atomic E-state index is -0.759. The van der Waals surface area contributed by atoms with E-state index in [-0.39, 0.29) is 31.1 Å². The summed E-state index contributed by atoms with van der Waals surface area (Å²) >= 11 is 0. The highest BCUT2D eigenvalue weighted by Gasteiger charge is 2.19. The molecule has 0 bridgehead atoms. The molecule has 1 unspecified atom stereocenters. The number of rotatable bonds is 43. The third-order valence-corrected chi connectivity index (χ3v) is 11.2. The molecule has 0 saturated carbocycles. The molecule has 0 aliphatic heterocycles. The van der Waals surface area contributed by atoms with Crippen LogP contribution in [0.3, 0.4) is 0 Å². The largest absolute Gasteiger partial charge is 0.462 e. The highest BCUT2D eigenvalue weighted by atomic mass is 16.6. The molecule has 0 aromatic carbocycles. The lowest BCUT2D eigenvalue weighted by atomic mass is 9.99. The summed E-state index contributed by atoms with van der Waals surface area (Å²) in [7, 11) is 0. The summed E-state index contributed by atoms with van der Waals surface area (Å²) in [6.45, 7) is 9.01. The number of carbonyl (C=O) groups excluding carboxylic acids is 3. The van der Waals surface area contributed by atoms with Crippen molar-refractivity contribution in [3.8, 4) is 0 Å². The number of unbranched alkanes of at least 4 members (excludes halogenated alkanes) is 29. The molecule has 0 N–H and O–H groups in total. The molecule has 0 aliphatic carbocycles. The predicted molar refractivity (Wildman–Crippen MR) is 229 cm³/mol. The monoisotopic (exact) mass is 765 g/mol. The van der Waals surface area contributed by atoms with Gasteiger partial charge in [-0.1, -0.05) is 227 Å². The number of hydrogen-bond donors (Lipinski definition) is 0. The predicted octanol–water partition coefficient (Wildman–Crippen LogP) is 15.1. The smallest absolute Gasteiger partial charge is 0.306 e. The fraction of sp³-hybridized carbons (Fsp3) is 0.938. The maximum absolute atomic E-state index is 12.7. The molecule has 0 radical (unpaired) electrons. The Hall–Kier alpha value is -1.59. The van der Waals surface area contributed by atoms with Crippen LogP contribution in [-0.4, -0.2) is 37.2 Å². The Labute approximate surface area is 336 Å². The lowest BCUT2D eigenvalue weighted by Crippen LogP contribution is -2.30. The molecule has 0 rings (SSSR count). The van der Waals surface area contributed by atoms with Crippen LogP contribution in [-0.2, 0) is 28.6 Å². The lowest BCUT2D eigenvalue weighted by Gasteiger charge is -2.18. The molecule has 0 aromatic heterocycles. The zero-order valence-corrected chi connectivity index (χ0v) is 36.7. The Morgan fingerprint density at radius 1 is 0.370 bits per heavy atom. The minimum absolute atomic E-state index is 0.0636. The van der Waals surface area contributed by atoms with Crippen LogP contribution in [0.5, 0.6) is 0 Å². The summed E-state index contributed by atoms with van der Waals surface area (Å²) in [6, 6.07) is 0. The molecule has 0 aliphatic rings. The molecule has 2 atom stereocenters. The van der Waals surface area contributed by atoms with Gasteiger partial charge in [-0.2, -0.15) is 0 Å². The van der Waals surface area contributed by atoms with Crippen LogP contribution in [0, 0.1) is 5.92 Å². The average Bonchev–Trinajstić information content (AvgIpc) is 3.17. The highest BCUT2D eigenvalue weighted by molar-refractivity contribution is 5.71. The van der Waals surface area contributed by atoms with Gasteiger partial charge in [0.1, 0.15) is 13.2 Å². The first-order valence-electron chi connectivity index (χ1n) is 23.9. The van der Waals surface area contributed by atoms with E-state index in [2.05, 4.69) is 27.7 Å². The van der Waals surface area contributed by atoms with Gasteiger partial charge in [0.05, 0.1) is 0 Å². The molecule has 0 fully saturated rings. The van der Waals surface area contributed by atoms with Crippen molar-refractivity contribution in [1.29, 1.82) is 0 Å². The van der Waals surface area contributed by atoms with Gasteiger partial charge in [-0.15, -0.1) is 0 Å². The van der Waals surface area contributed by atoms with E-state index in [1.54, 1.807) is 0 Å². The second kappa shape index (κ2) is 42.6. The van der Waals surface area contributed by atoms with Crippen LogP contribution in [0.15, 0.2) is 0 Å². The lowest BCUT2D eigenvalue weighted by molar-refractivity contribution is -0.167. The topological polar surface area (TPSA) is 78.9 Å². The molecule has 0 heterocycles. The Kier molecular flexibility index (Phi) is 41.3. The second-order valence-electron chi connectivity index (χ2n) is 16.6. The Balaban J connectivity index is 4.31. The van der Waals surface area contributed by atoms with Crippen molar-refractivity contribution in [3.05, 3.63) is 0 Å². The molecule has 320 valence electrons. The molecule has 54 heavy (non-hydrogen) atoms. The van der Waals surface area contributed by atoms with Gasteiger partial charge in [0, 0.05) is 19.3 Å². The van der Waals surface area contributed by atoms with E-state index >= 15 is 0 Å². The first-order chi connectivity index (χ1) is 26.4. The Morgan fingerprint density at radius 3 is 0.963 bits per heavy atom. The van der Waals surface area contributed by atoms with Crippen molar-refractivity contribution in [2.75, 3.05) is 13.2 Å². The second-order valence-corrected chi connectivity index (χ2v) is 16.6.